The van der Waals surface area contributed by atoms with Gasteiger partial charge >= 0.3 is 0 Å². The van der Waals surface area contributed by atoms with E-state index in [1.807, 2.05) is 31.2 Å². The number of benzene rings is 1. The molecule has 2 aromatic rings. The van der Waals surface area contributed by atoms with Crippen LogP contribution in [0.2, 0.25) is 0 Å². The Morgan fingerprint density at radius 3 is 2.72 bits per heavy atom. The van der Waals surface area contributed by atoms with E-state index >= 15 is 0 Å². The second-order valence-corrected chi connectivity index (χ2v) is 4.02. The normalized spacial score (nSPS) is 11.8. The molecule has 0 aliphatic heterocycles. The fourth-order valence-corrected chi connectivity index (χ4v) is 1.51. The summed E-state index contributed by atoms with van der Waals surface area (Å²) in [5.74, 6) is 0.220. The Morgan fingerprint density at radius 1 is 1.44 bits per heavy atom. The van der Waals surface area contributed by atoms with Gasteiger partial charge in [-0.15, -0.1) is 0 Å². The highest BCUT2D eigenvalue weighted by molar-refractivity contribution is 5.59. The molecule has 1 atom stereocenters. The SMILES string of the molecule is C=C(C#N)C(O)c1cc(-c2ccc(C)cc2)no1. The van der Waals surface area contributed by atoms with E-state index in [1.165, 1.54) is 0 Å². The summed E-state index contributed by atoms with van der Waals surface area (Å²) in [6.07, 6.45) is -1.14. The molecule has 1 aromatic heterocycles. The van der Waals surface area contributed by atoms with E-state index in [4.69, 9.17) is 9.78 Å². The van der Waals surface area contributed by atoms with E-state index in [1.54, 1.807) is 12.1 Å². The van der Waals surface area contributed by atoms with E-state index in [9.17, 15) is 5.11 Å². The Hall–Kier alpha value is -2.38. The topological polar surface area (TPSA) is 70.0 Å². The van der Waals surface area contributed by atoms with Crippen molar-refractivity contribution in [3.8, 4) is 17.3 Å². The van der Waals surface area contributed by atoms with E-state index in [2.05, 4.69) is 11.7 Å². The molecule has 0 fully saturated rings. The molecule has 1 aromatic carbocycles. The third kappa shape index (κ3) is 2.31. The summed E-state index contributed by atoms with van der Waals surface area (Å²) >= 11 is 0. The molecule has 0 radical (unpaired) electrons. The van der Waals surface area contributed by atoms with Crippen molar-refractivity contribution in [1.82, 2.24) is 5.16 Å². The van der Waals surface area contributed by atoms with Crippen LogP contribution in [0.15, 0.2) is 47.0 Å². The highest BCUT2D eigenvalue weighted by Crippen LogP contribution is 2.25. The molecule has 0 aliphatic carbocycles. The highest BCUT2D eigenvalue weighted by atomic mass is 16.5. The van der Waals surface area contributed by atoms with Gasteiger partial charge in [-0.3, -0.25) is 0 Å². The van der Waals surface area contributed by atoms with Crippen molar-refractivity contribution in [1.29, 1.82) is 5.26 Å². The lowest BCUT2D eigenvalue weighted by atomic mass is 10.1. The fraction of sp³-hybridized carbons (Fsp3) is 0.143. The van der Waals surface area contributed by atoms with Gasteiger partial charge in [0.15, 0.2) is 5.76 Å². The molecule has 0 bridgehead atoms. The zero-order valence-corrected chi connectivity index (χ0v) is 9.92. The lowest BCUT2D eigenvalue weighted by Gasteiger charge is -2.01. The van der Waals surface area contributed by atoms with Crippen LogP contribution < -0.4 is 0 Å². The summed E-state index contributed by atoms with van der Waals surface area (Å²) in [6, 6.07) is 11.2. The van der Waals surface area contributed by atoms with Gasteiger partial charge in [0.05, 0.1) is 11.6 Å². The smallest absolute Gasteiger partial charge is 0.171 e. The average molecular weight is 240 g/mol. The summed E-state index contributed by atoms with van der Waals surface area (Å²) in [4.78, 5) is 0. The zero-order chi connectivity index (χ0) is 13.1. The molecule has 1 unspecified atom stereocenters. The number of hydrogen-bond acceptors (Lipinski definition) is 4. The van der Waals surface area contributed by atoms with Crippen LogP contribution >= 0.6 is 0 Å². The fourth-order valence-electron chi connectivity index (χ4n) is 1.51. The van der Waals surface area contributed by atoms with Crippen LogP contribution in [0.1, 0.15) is 17.4 Å². The second kappa shape index (κ2) is 4.86. The van der Waals surface area contributed by atoms with E-state index < -0.39 is 6.10 Å². The van der Waals surface area contributed by atoms with Gasteiger partial charge in [0.2, 0.25) is 0 Å². The summed E-state index contributed by atoms with van der Waals surface area (Å²) < 4.78 is 5.02. The van der Waals surface area contributed by atoms with Gasteiger partial charge in [-0.25, -0.2) is 0 Å². The first-order valence-electron chi connectivity index (χ1n) is 5.42. The molecule has 18 heavy (non-hydrogen) atoms. The molecular formula is C14H12N2O2. The molecule has 0 spiro atoms. The minimum Gasteiger partial charge on any atom is -0.380 e. The molecule has 1 heterocycles. The van der Waals surface area contributed by atoms with E-state index in [-0.39, 0.29) is 11.3 Å². The minimum atomic E-state index is -1.14. The molecule has 2 rings (SSSR count). The first kappa shape index (κ1) is 12.1. The van der Waals surface area contributed by atoms with Crippen molar-refractivity contribution in [2.24, 2.45) is 0 Å². The summed E-state index contributed by atoms with van der Waals surface area (Å²) in [7, 11) is 0. The number of nitriles is 1. The first-order valence-corrected chi connectivity index (χ1v) is 5.42. The predicted molar refractivity (Wildman–Crippen MR) is 66.4 cm³/mol. The Kier molecular flexibility index (Phi) is 3.26. The standard InChI is InChI=1S/C14H12N2O2/c1-9-3-5-11(6-4-9)12-7-13(18-16-12)14(17)10(2)8-15/h3-7,14,17H,2H2,1H3. The first-order chi connectivity index (χ1) is 8.61. The van der Waals surface area contributed by atoms with Crippen molar-refractivity contribution in [2.75, 3.05) is 0 Å². The molecule has 0 saturated carbocycles. The number of aromatic nitrogens is 1. The number of aliphatic hydroxyl groups is 1. The lowest BCUT2D eigenvalue weighted by Crippen LogP contribution is -1.96. The highest BCUT2D eigenvalue weighted by Gasteiger charge is 2.17. The quantitative estimate of drug-likeness (QED) is 0.837. The van der Waals surface area contributed by atoms with Crippen LogP contribution in [0, 0.1) is 18.3 Å². The lowest BCUT2D eigenvalue weighted by molar-refractivity contribution is 0.177. The Morgan fingerprint density at radius 2 is 2.11 bits per heavy atom. The van der Waals surface area contributed by atoms with Crippen LogP contribution in [-0.2, 0) is 0 Å². The van der Waals surface area contributed by atoms with Crippen molar-refractivity contribution in [3.63, 3.8) is 0 Å². The van der Waals surface area contributed by atoms with Crippen LogP contribution in [0.3, 0.4) is 0 Å². The Labute approximate surface area is 105 Å². The minimum absolute atomic E-state index is 0.0293. The molecule has 1 N–H and O–H groups in total. The predicted octanol–water partition coefficient (Wildman–Crippen LogP) is 2.76. The molecule has 90 valence electrons. The van der Waals surface area contributed by atoms with Crippen LogP contribution in [0.25, 0.3) is 11.3 Å². The zero-order valence-electron chi connectivity index (χ0n) is 9.92. The molecule has 0 saturated heterocycles. The number of aliphatic hydroxyl groups excluding tert-OH is 1. The second-order valence-electron chi connectivity index (χ2n) is 4.02. The van der Waals surface area contributed by atoms with Gasteiger partial charge in [-0.05, 0) is 6.92 Å². The van der Waals surface area contributed by atoms with Crippen LogP contribution in [-0.4, -0.2) is 10.3 Å². The Bertz CT molecular complexity index is 605. The van der Waals surface area contributed by atoms with E-state index in [0.29, 0.717) is 5.69 Å². The maximum absolute atomic E-state index is 9.74. The van der Waals surface area contributed by atoms with Crippen molar-refractivity contribution < 1.29 is 9.63 Å². The van der Waals surface area contributed by atoms with Gasteiger partial charge in [-0.2, -0.15) is 5.26 Å². The molecular weight excluding hydrogens is 228 g/mol. The Balaban J connectivity index is 2.28. The van der Waals surface area contributed by atoms with Crippen LogP contribution in [0.5, 0.6) is 0 Å². The van der Waals surface area contributed by atoms with Crippen molar-refractivity contribution >= 4 is 0 Å². The van der Waals surface area contributed by atoms with Gasteiger partial charge in [0.1, 0.15) is 11.8 Å². The third-order valence-corrected chi connectivity index (χ3v) is 2.62. The van der Waals surface area contributed by atoms with Gasteiger partial charge in [-0.1, -0.05) is 41.6 Å². The summed E-state index contributed by atoms with van der Waals surface area (Å²) in [5.41, 5.74) is 2.70. The van der Waals surface area contributed by atoms with Gasteiger partial charge in [0, 0.05) is 11.6 Å². The summed E-state index contributed by atoms with van der Waals surface area (Å²) in [6.45, 7) is 5.44. The van der Waals surface area contributed by atoms with E-state index in [0.717, 1.165) is 11.1 Å². The number of hydrogen-bond donors (Lipinski definition) is 1. The van der Waals surface area contributed by atoms with Gasteiger partial charge in [0.25, 0.3) is 0 Å². The van der Waals surface area contributed by atoms with Crippen molar-refractivity contribution in [3.05, 3.63) is 53.8 Å². The maximum Gasteiger partial charge on any atom is 0.171 e. The largest absolute Gasteiger partial charge is 0.380 e. The van der Waals surface area contributed by atoms with Crippen molar-refractivity contribution in [2.45, 2.75) is 13.0 Å². The average Bonchev–Trinajstić information content (AvgIpc) is 2.87. The molecule has 4 nitrogen and oxygen atoms in total. The molecule has 0 amide bonds. The summed E-state index contributed by atoms with van der Waals surface area (Å²) in [5, 5.41) is 22.3. The number of nitrogens with zero attached hydrogens (tertiary/aromatic N) is 2. The third-order valence-electron chi connectivity index (χ3n) is 2.62. The number of aryl methyl sites for hydroxylation is 1. The molecule has 4 heteroatoms. The molecule has 0 aliphatic rings. The maximum atomic E-state index is 9.74. The van der Waals surface area contributed by atoms with Gasteiger partial charge < -0.3 is 9.63 Å². The van der Waals surface area contributed by atoms with Crippen LogP contribution in [0.4, 0.5) is 0 Å². The monoisotopic (exact) mass is 240 g/mol. The number of rotatable bonds is 3.